The van der Waals surface area contributed by atoms with Crippen LogP contribution in [0.3, 0.4) is 0 Å². The first-order valence-corrected chi connectivity index (χ1v) is 9.15. The normalized spacial score (nSPS) is 10.7. The van der Waals surface area contributed by atoms with Gasteiger partial charge in [-0.2, -0.15) is 5.10 Å². The summed E-state index contributed by atoms with van der Waals surface area (Å²) in [7, 11) is 5.27. The first kappa shape index (κ1) is 19.1. The molecule has 0 unspecified atom stereocenters. The van der Waals surface area contributed by atoms with E-state index in [1.807, 2.05) is 31.2 Å². The maximum Gasteiger partial charge on any atom is 0.256 e. The van der Waals surface area contributed by atoms with Crippen LogP contribution in [0, 0.1) is 12.7 Å². The molecule has 0 aliphatic rings. The Morgan fingerprint density at radius 1 is 1.19 bits per heavy atom. The fraction of sp³-hybridized carbons (Fsp3) is 0.200. The molecule has 3 rings (SSSR count). The molecule has 1 N–H and O–H groups in total. The van der Waals surface area contributed by atoms with E-state index in [1.165, 1.54) is 6.07 Å². The van der Waals surface area contributed by atoms with Gasteiger partial charge in [0.25, 0.3) is 5.91 Å². The number of carbonyl (C=O) groups excluding carboxylic acids is 1. The molecule has 0 radical (unpaired) electrons. The van der Waals surface area contributed by atoms with Crippen LogP contribution < -0.4 is 10.2 Å². The van der Waals surface area contributed by atoms with E-state index in [4.69, 9.17) is 0 Å². The molecule has 3 aromatic rings. The number of nitrogens with zero attached hydrogens (tertiary/aromatic N) is 3. The van der Waals surface area contributed by atoms with E-state index < -0.39 is 5.82 Å². The van der Waals surface area contributed by atoms with Gasteiger partial charge in [-0.3, -0.25) is 9.48 Å². The van der Waals surface area contributed by atoms with E-state index in [9.17, 15) is 9.18 Å². The fourth-order valence-electron chi connectivity index (χ4n) is 2.95. The van der Waals surface area contributed by atoms with Crippen LogP contribution >= 0.6 is 15.9 Å². The number of benzene rings is 2. The number of aromatic nitrogens is 2. The van der Waals surface area contributed by atoms with Gasteiger partial charge >= 0.3 is 0 Å². The maximum absolute atomic E-state index is 14.2. The van der Waals surface area contributed by atoms with E-state index in [2.05, 4.69) is 26.3 Å². The van der Waals surface area contributed by atoms with Crippen molar-refractivity contribution in [2.24, 2.45) is 7.05 Å². The summed E-state index contributed by atoms with van der Waals surface area (Å²) in [5.41, 5.74) is 3.25. The highest BCUT2D eigenvalue weighted by Crippen LogP contribution is 2.32. The predicted molar refractivity (Wildman–Crippen MR) is 110 cm³/mol. The number of anilines is 2. The van der Waals surface area contributed by atoms with Crippen LogP contribution in [-0.4, -0.2) is 29.8 Å². The van der Waals surface area contributed by atoms with Crippen LogP contribution in [0.2, 0.25) is 0 Å². The van der Waals surface area contributed by atoms with E-state index in [-0.39, 0.29) is 11.5 Å². The summed E-state index contributed by atoms with van der Waals surface area (Å²) in [5, 5.41) is 7.30. The van der Waals surface area contributed by atoms with Crippen LogP contribution in [0.5, 0.6) is 0 Å². The molecule has 0 saturated heterocycles. The first-order chi connectivity index (χ1) is 12.8. The molecule has 0 atom stereocenters. The number of hydrogen-bond acceptors (Lipinski definition) is 3. The van der Waals surface area contributed by atoms with E-state index >= 15 is 0 Å². The van der Waals surface area contributed by atoms with Crippen LogP contribution in [-0.2, 0) is 7.05 Å². The number of amides is 1. The molecular weight excluding hydrogens is 411 g/mol. The summed E-state index contributed by atoms with van der Waals surface area (Å²) < 4.78 is 16.8. The summed E-state index contributed by atoms with van der Waals surface area (Å²) in [5.74, 6) is -0.264. The molecule has 0 spiro atoms. The molecule has 7 heteroatoms. The van der Waals surface area contributed by atoms with Gasteiger partial charge in [0.15, 0.2) is 0 Å². The van der Waals surface area contributed by atoms with E-state index in [0.717, 1.165) is 21.3 Å². The van der Waals surface area contributed by atoms with Crippen molar-refractivity contribution in [3.05, 3.63) is 64.0 Å². The largest absolute Gasteiger partial charge is 0.375 e. The van der Waals surface area contributed by atoms with Crippen molar-refractivity contribution >= 4 is 33.3 Å². The third-order valence-corrected chi connectivity index (χ3v) is 4.81. The van der Waals surface area contributed by atoms with Crippen LogP contribution in [0.4, 0.5) is 15.9 Å². The Balaban J connectivity index is 1.95. The molecule has 0 saturated carbocycles. The number of hydrogen-bond donors (Lipinski definition) is 1. The Kier molecular flexibility index (Phi) is 5.32. The average molecular weight is 431 g/mol. The standard InChI is InChI=1S/C20H20BrFN4O/c1-12-18(13-5-8-15(21)9-6-13)19(26(4)24-12)23-20(27)14-7-10-17(25(2)3)16(22)11-14/h5-11H,1-4H3,(H,23,27). The quantitative estimate of drug-likeness (QED) is 0.656. The summed E-state index contributed by atoms with van der Waals surface area (Å²) in [4.78, 5) is 14.4. The minimum absolute atomic E-state index is 0.249. The second-order valence-corrected chi connectivity index (χ2v) is 7.37. The van der Waals surface area contributed by atoms with Crippen LogP contribution in [0.1, 0.15) is 16.1 Å². The number of nitrogens with one attached hydrogen (secondary N) is 1. The number of rotatable bonds is 4. The second kappa shape index (κ2) is 7.52. The third kappa shape index (κ3) is 3.88. The first-order valence-electron chi connectivity index (χ1n) is 8.35. The SMILES string of the molecule is Cc1nn(C)c(NC(=O)c2ccc(N(C)C)c(F)c2)c1-c1ccc(Br)cc1. The number of carbonyl (C=O) groups is 1. The van der Waals surface area contributed by atoms with Gasteiger partial charge < -0.3 is 10.2 Å². The second-order valence-electron chi connectivity index (χ2n) is 6.45. The zero-order valence-corrected chi connectivity index (χ0v) is 17.1. The number of halogens is 2. The summed E-state index contributed by atoms with van der Waals surface area (Å²) >= 11 is 3.42. The Hall–Kier alpha value is -2.67. The Morgan fingerprint density at radius 2 is 1.85 bits per heavy atom. The van der Waals surface area contributed by atoms with Crippen molar-refractivity contribution in [2.45, 2.75) is 6.92 Å². The summed E-state index contributed by atoms with van der Waals surface area (Å²) in [6.45, 7) is 1.89. The topological polar surface area (TPSA) is 50.2 Å². The highest BCUT2D eigenvalue weighted by atomic mass is 79.9. The summed E-state index contributed by atoms with van der Waals surface area (Å²) in [6.07, 6.45) is 0. The Morgan fingerprint density at radius 3 is 2.44 bits per heavy atom. The monoisotopic (exact) mass is 430 g/mol. The Bertz CT molecular complexity index is 996. The van der Waals surface area contributed by atoms with Crippen molar-refractivity contribution in [1.29, 1.82) is 0 Å². The van der Waals surface area contributed by atoms with Gasteiger partial charge in [-0.1, -0.05) is 28.1 Å². The highest BCUT2D eigenvalue weighted by Gasteiger charge is 2.19. The molecule has 1 heterocycles. The van der Waals surface area contributed by atoms with Crippen molar-refractivity contribution < 1.29 is 9.18 Å². The minimum Gasteiger partial charge on any atom is -0.375 e. The molecule has 1 aromatic heterocycles. The minimum atomic E-state index is -0.443. The molecule has 0 aliphatic carbocycles. The van der Waals surface area contributed by atoms with E-state index in [1.54, 1.807) is 42.9 Å². The summed E-state index contributed by atoms with van der Waals surface area (Å²) in [6, 6.07) is 12.2. The lowest BCUT2D eigenvalue weighted by Gasteiger charge is -2.14. The van der Waals surface area contributed by atoms with Crippen molar-refractivity contribution in [3.63, 3.8) is 0 Å². The molecule has 0 fully saturated rings. The molecule has 27 heavy (non-hydrogen) atoms. The number of aryl methyl sites for hydroxylation is 2. The fourth-order valence-corrected chi connectivity index (χ4v) is 3.22. The molecule has 0 aliphatic heterocycles. The third-order valence-electron chi connectivity index (χ3n) is 4.28. The smallest absolute Gasteiger partial charge is 0.256 e. The molecular formula is C20H20BrFN4O. The lowest BCUT2D eigenvalue weighted by Crippen LogP contribution is -2.16. The zero-order valence-electron chi connectivity index (χ0n) is 15.5. The van der Waals surface area contributed by atoms with Gasteiger partial charge in [0.1, 0.15) is 11.6 Å². The zero-order chi connectivity index (χ0) is 19.7. The van der Waals surface area contributed by atoms with Crippen LogP contribution in [0.15, 0.2) is 46.9 Å². The van der Waals surface area contributed by atoms with Gasteiger partial charge in [-0.15, -0.1) is 0 Å². The molecule has 5 nitrogen and oxygen atoms in total. The molecule has 0 bridgehead atoms. The molecule has 140 valence electrons. The van der Waals surface area contributed by atoms with Gasteiger partial charge in [-0.05, 0) is 42.8 Å². The van der Waals surface area contributed by atoms with E-state index in [0.29, 0.717) is 11.5 Å². The van der Waals surface area contributed by atoms with Gasteiger partial charge in [0.05, 0.1) is 11.4 Å². The lowest BCUT2D eigenvalue weighted by atomic mass is 10.1. The maximum atomic E-state index is 14.2. The highest BCUT2D eigenvalue weighted by molar-refractivity contribution is 9.10. The van der Waals surface area contributed by atoms with Crippen molar-refractivity contribution in [2.75, 3.05) is 24.3 Å². The average Bonchev–Trinajstić information content (AvgIpc) is 2.88. The van der Waals surface area contributed by atoms with Crippen molar-refractivity contribution in [1.82, 2.24) is 9.78 Å². The predicted octanol–water partition coefficient (Wildman–Crippen LogP) is 4.62. The molecule has 2 aromatic carbocycles. The van der Waals surface area contributed by atoms with Gasteiger partial charge in [0.2, 0.25) is 0 Å². The van der Waals surface area contributed by atoms with Gasteiger partial charge in [-0.25, -0.2) is 4.39 Å². The Labute approximate surface area is 165 Å². The van der Waals surface area contributed by atoms with Gasteiger partial charge in [0, 0.05) is 36.7 Å². The lowest BCUT2D eigenvalue weighted by molar-refractivity contribution is 0.102. The van der Waals surface area contributed by atoms with Crippen LogP contribution in [0.25, 0.3) is 11.1 Å². The van der Waals surface area contributed by atoms with Crippen molar-refractivity contribution in [3.8, 4) is 11.1 Å². The molecule has 1 amide bonds.